The predicted molar refractivity (Wildman–Crippen MR) is 200 cm³/mol. The van der Waals surface area contributed by atoms with Gasteiger partial charge in [-0.25, -0.2) is 0 Å². The fourth-order valence-electron chi connectivity index (χ4n) is 5.54. The molecule has 1 aliphatic rings. The first kappa shape index (κ1) is 35.6. The van der Waals surface area contributed by atoms with Gasteiger partial charge in [-0.1, -0.05) is 54.7 Å². The number of para-hydroxylation sites is 1. The Kier molecular flexibility index (Phi) is 11.6. The van der Waals surface area contributed by atoms with E-state index in [-0.39, 0.29) is 17.3 Å². The van der Waals surface area contributed by atoms with Crippen LogP contribution in [0.1, 0.15) is 22.3 Å². The number of allylic oxidation sites excluding steroid dienone is 8. The van der Waals surface area contributed by atoms with E-state index >= 15 is 0 Å². The lowest BCUT2D eigenvalue weighted by Gasteiger charge is -2.22. The van der Waals surface area contributed by atoms with E-state index < -0.39 is 9.85 Å². The number of methoxy groups -OCH3 is 4. The number of nitro groups is 2. The fraction of sp³-hybridized carbons (Fsp3) is 0.122. The zero-order valence-corrected chi connectivity index (χ0v) is 28.5. The fourth-order valence-corrected chi connectivity index (χ4v) is 5.54. The van der Waals surface area contributed by atoms with Gasteiger partial charge in [0.2, 0.25) is 0 Å². The van der Waals surface area contributed by atoms with Gasteiger partial charge in [0.15, 0.2) is 11.5 Å². The van der Waals surface area contributed by atoms with Crippen LogP contribution in [0.4, 0.5) is 11.4 Å². The van der Waals surface area contributed by atoms with Gasteiger partial charge < -0.3 is 18.9 Å². The van der Waals surface area contributed by atoms with Crippen LogP contribution in [0.15, 0.2) is 132 Å². The summed E-state index contributed by atoms with van der Waals surface area (Å²) >= 11 is 0. The smallest absolute Gasteiger partial charge is 0.276 e. The molecule has 258 valence electrons. The molecule has 4 aromatic rings. The second kappa shape index (κ2) is 16.6. The van der Waals surface area contributed by atoms with Crippen molar-refractivity contribution in [3.05, 3.63) is 175 Å². The first-order valence-electron chi connectivity index (χ1n) is 15.8. The summed E-state index contributed by atoms with van der Waals surface area (Å²) < 4.78 is 22.0. The van der Waals surface area contributed by atoms with Gasteiger partial charge in [-0.2, -0.15) is 0 Å². The summed E-state index contributed by atoms with van der Waals surface area (Å²) in [6.45, 7) is 0. The molecule has 0 heterocycles. The SMILES string of the molecule is COc1ccc(C=C2C(C=Cc3ccccc3[N+](=O)[O-])=CC(C=Cc3ccc(OC)c(OC)c3)=CC2C=Cc2ccc([N+](=O)[O-])cc2)c(OC)c1. The van der Waals surface area contributed by atoms with Crippen LogP contribution in [0, 0.1) is 26.1 Å². The molecule has 1 aliphatic carbocycles. The molecule has 10 nitrogen and oxygen atoms in total. The highest BCUT2D eigenvalue weighted by Crippen LogP contribution is 2.37. The Labute approximate surface area is 295 Å². The molecule has 1 atom stereocenters. The van der Waals surface area contributed by atoms with Gasteiger partial charge in [-0.05, 0) is 88.5 Å². The average Bonchev–Trinajstić information content (AvgIpc) is 3.16. The van der Waals surface area contributed by atoms with Gasteiger partial charge in [0, 0.05) is 35.7 Å². The summed E-state index contributed by atoms with van der Waals surface area (Å²) in [5, 5.41) is 23.1. The molecule has 0 bridgehead atoms. The molecule has 0 saturated heterocycles. The molecule has 4 aromatic carbocycles. The van der Waals surface area contributed by atoms with Gasteiger partial charge in [-0.15, -0.1) is 0 Å². The van der Waals surface area contributed by atoms with Crippen LogP contribution in [0.25, 0.3) is 24.3 Å². The molecule has 0 aromatic heterocycles. The van der Waals surface area contributed by atoms with Gasteiger partial charge in [0.1, 0.15) is 11.5 Å². The third-order valence-corrected chi connectivity index (χ3v) is 8.19. The molecule has 0 radical (unpaired) electrons. The molecular weight excluding hydrogens is 648 g/mol. The number of non-ortho nitro benzene ring substituents is 1. The van der Waals surface area contributed by atoms with Crippen LogP contribution in [0.2, 0.25) is 0 Å². The maximum atomic E-state index is 11.8. The van der Waals surface area contributed by atoms with E-state index in [1.807, 2.05) is 72.9 Å². The minimum atomic E-state index is -0.433. The highest BCUT2D eigenvalue weighted by atomic mass is 16.6. The largest absolute Gasteiger partial charge is 0.497 e. The summed E-state index contributed by atoms with van der Waals surface area (Å²) in [5.74, 6) is 2.16. The standard InChI is InChI=1S/C41H36N2O8/c1-48-36-21-18-34(40(27-36)50-3)26-37-32(15-11-28-12-19-35(20-13-28)42(44)45)23-30(10-9-29-14-22-39(49-2)41(25-29)51-4)24-33(37)17-16-31-7-5-6-8-38(31)43(46)47/h5-27,32H,1-4H3. The van der Waals surface area contributed by atoms with Gasteiger partial charge in [0.25, 0.3) is 11.4 Å². The van der Waals surface area contributed by atoms with Gasteiger partial charge in [0.05, 0.1) is 43.8 Å². The average molecular weight is 685 g/mol. The van der Waals surface area contributed by atoms with Crippen molar-refractivity contribution in [2.75, 3.05) is 28.4 Å². The molecule has 0 fully saturated rings. The Bertz CT molecular complexity index is 2110. The van der Waals surface area contributed by atoms with Crippen LogP contribution in [-0.2, 0) is 0 Å². The molecule has 5 rings (SSSR count). The third kappa shape index (κ3) is 8.87. The number of nitro benzene ring substituents is 2. The van der Waals surface area contributed by atoms with Crippen LogP contribution in [0.5, 0.6) is 23.0 Å². The molecule has 0 N–H and O–H groups in total. The lowest BCUT2D eigenvalue weighted by Crippen LogP contribution is -2.06. The number of hydrogen-bond acceptors (Lipinski definition) is 8. The highest BCUT2D eigenvalue weighted by molar-refractivity contribution is 5.74. The molecule has 10 heteroatoms. The first-order valence-corrected chi connectivity index (χ1v) is 15.8. The van der Waals surface area contributed by atoms with Gasteiger partial charge in [-0.3, -0.25) is 20.2 Å². The molecular formula is C41H36N2O8. The van der Waals surface area contributed by atoms with E-state index in [4.69, 9.17) is 18.9 Å². The number of ether oxygens (including phenoxy) is 4. The third-order valence-electron chi connectivity index (χ3n) is 8.19. The molecule has 1 unspecified atom stereocenters. The van der Waals surface area contributed by atoms with E-state index in [0.29, 0.717) is 28.6 Å². The lowest BCUT2D eigenvalue weighted by atomic mass is 9.82. The monoisotopic (exact) mass is 684 g/mol. The Morgan fingerprint density at radius 1 is 0.627 bits per heavy atom. The van der Waals surface area contributed by atoms with Gasteiger partial charge >= 0.3 is 0 Å². The van der Waals surface area contributed by atoms with Crippen molar-refractivity contribution >= 4 is 35.7 Å². The molecule has 0 spiro atoms. The Balaban J connectivity index is 1.66. The van der Waals surface area contributed by atoms with Crippen LogP contribution in [0.3, 0.4) is 0 Å². The Hall–Kier alpha value is -6.68. The minimum Gasteiger partial charge on any atom is -0.497 e. The number of nitrogens with zero attached hydrogens (tertiary/aromatic N) is 2. The molecule has 0 aliphatic heterocycles. The van der Waals surface area contributed by atoms with E-state index in [0.717, 1.165) is 33.4 Å². The molecule has 0 amide bonds. The van der Waals surface area contributed by atoms with Crippen LogP contribution < -0.4 is 18.9 Å². The van der Waals surface area contributed by atoms with E-state index in [9.17, 15) is 20.2 Å². The number of hydrogen-bond donors (Lipinski definition) is 0. The van der Waals surface area contributed by atoms with Crippen LogP contribution in [-0.4, -0.2) is 38.3 Å². The van der Waals surface area contributed by atoms with E-state index in [2.05, 4.69) is 6.08 Å². The summed E-state index contributed by atoms with van der Waals surface area (Å²) in [4.78, 5) is 22.2. The summed E-state index contributed by atoms with van der Waals surface area (Å²) in [5.41, 5.74) is 5.49. The number of benzene rings is 4. The summed E-state index contributed by atoms with van der Waals surface area (Å²) in [6.07, 6.45) is 17.6. The second-order valence-corrected chi connectivity index (χ2v) is 11.3. The van der Waals surface area contributed by atoms with Crippen molar-refractivity contribution in [2.24, 2.45) is 5.92 Å². The van der Waals surface area contributed by atoms with E-state index in [1.165, 1.54) is 18.2 Å². The topological polar surface area (TPSA) is 123 Å². The quantitative estimate of drug-likeness (QED) is 0.101. The first-order chi connectivity index (χ1) is 24.7. The van der Waals surface area contributed by atoms with Crippen molar-refractivity contribution in [3.8, 4) is 23.0 Å². The molecule has 51 heavy (non-hydrogen) atoms. The maximum absolute atomic E-state index is 11.8. The van der Waals surface area contributed by atoms with Crippen molar-refractivity contribution in [3.63, 3.8) is 0 Å². The normalized spacial score (nSPS) is 15.2. The zero-order chi connectivity index (χ0) is 36.3. The minimum absolute atomic E-state index is 0.00449. The zero-order valence-electron chi connectivity index (χ0n) is 28.5. The Morgan fingerprint density at radius 3 is 2.04 bits per heavy atom. The second-order valence-electron chi connectivity index (χ2n) is 11.3. The predicted octanol–water partition coefficient (Wildman–Crippen LogP) is 9.54. The lowest BCUT2D eigenvalue weighted by molar-refractivity contribution is -0.385. The van der Waals surface area contributed by atoms with E-state index in [1.54, 1.807) is 70.9 Å². The van der Waals surface area contributed by atoms with Crippen molar-refractivity contribution in [2.45, 2.75) is 0 Å². The maximum Gasteiger partial charge on any atom is 0.276 e. The number of rotatable bonds is 13. The summed E-state index contributed by atoms with van der Waals surface area (Å²) in [6, 6.07) is 24.1. The van der Waals surface area contributed by atoms with Crippen molar-refractivity contribution in [1.29, 1.82) is 0 Å². The van der Waals surface area contributed by atoms with Crippen LogP contribution >= 0.6 is 0 Å². The highest BCUT2D eigenvalue weighted by Gasteiger charge is 2.20. The summed E-state index contributed by atoms with van der Waals surface area (Å²) in [7, 11) is 6.34. The molecule has 0 saturated carbocycles. The van der Waals surface area contributed by atoms with Crippen molar-refractivity contribution < 1.29 is 28.8 Å². The van der Waals surface area contributed by atoms with Crippen molar-refractivity contribution in [1.82, 2.24) is 0 Å². The Morgan fingerprint density at radius 2 is 1.35 bits per heavy atom.